The molecule has 0 aromatic carbocycles. The average Bonchev–Trinajstić information content (AvgIpc) is 2.89. The van der Waals surface area contributed by atoms with Crippen LogP contribution in [0.25, 0.3) is 0 Å². The summed E-state index contributed by atoms with van der Waals surface area (Å²) in [5.74, 6) is 0. The molecule has 0 aliphatic rings. The van der Waals surface area contributed by atoms with Gasteiger partial charge in [0.05, 0.1) is 12.2 Å². The molecule has 0 fully saturated rings. The Labute approximate surface area is 97.8 Å². The van der Waals surface area contributed by atoms with Crippen molar-refractivity contribution in [3.05, 3.63) is 35.5 Å². The zero-order valence-corrected chi connectivity index (χ0v) is 10.3. The van der Waals surface area contributed by atoms with Crippen molar-refractivity contribution in [2.24, 2.45) is 0 Å². The SMILES string of the molecule is CN(Cc1ccn[nH]1)S(=O)(=O)c1cccs1. The lowest BCUT2D eigenvalue weighted by Gasteiger charge is -2.14. The molecule has 1 N–H and O–H groups in total. The van der Waals surface area contributed by atoms with E-state index in [-0.39, 0.29) is 0 Å². The van der Waals surface area contributed by atoms with Gasteiger partial charge in [-0.3, -0.25) is 5.10 Å². The van der Waals surface area contributed by atoms with E-state index in [1.165, 1.54) is 15.6 Å². The van der Waals surface area contributed by atoms with E-state index in [4.69, 9.17) is 0 Å². The van der Waals surface area contributed by atoms with Crippen LogP contribution in [0.3, 0.4) is 0 Å². The highest BCUT2D eigenvalue weighted by atomic mass is 32.2. The highest BCUT2D eigenvalue weighted by molar-refractivity contribution is 7.91. The summed E-state index contributed by atoms with van der Waals surface area (Å²) >= 11 is 1.22. The van der Waals surface area contributed by atoms with Crippen molar-refractivity contribution in [1.29, 1.82) is 0 Å². The van der Waals surface area contributed by atoms with Gasteiger partial charge < -0.3 is 0 Å². The molecule has 0 unspecified atom stereocenters. The van der Waals surface area contributed by atoms with Gasteiger partial charge in [-0.2, -0.15) is 9.40 Å². The Hall–Kier alpha value is -1.18. The molecule has 2 aromatic heterocycles. The molecule has 2 rings (SSSR count). The van der Waals surface area contributed by atoms with Gasteiger partial charge in [0.1, 0.15) is 4.21 Å². The third kappa shape index (κ3) is 2.16. The number of thiophene rings is 1. The molecule has 0 aliphatic carbocycles. The molecule has 2 aromatic rings. The molecule has 5 nitrogen and oxygen atoms in total. The zero-order valence-electron chi connectivity index (χ0n) is 8.62. The fourth-order valence-electron chi connectivity index (χ4n) is 1.26. The van der Waals surface area contributed by atoms with Crippen molar-refractivity contribution < 1.29 is 8.42 Å². The van der Waals surface area contributed by atoms with E-state index >= 15 is 0 Å². The number of H-pyrrole nitrogens is 1. The summed E-state index contributed by atoms with van der Waals surface area (Å²) in [4.78, 5) is 0. The Bertz CT molecular complexity index is 531. The fourth-order valence-corrected chi connectivity index (χ4v) is 3.61. The molecule has 0 aliphatic heterocycles. The fraction of sp³-hybridized carbons (Fsp3) is 0.222. The van der Waals surface area contributed by atoms with E-state index < -0.39 is 10.0 Å². The lowest BCUT2D eigenvalue weighted by Crippen LogP contribution is -2.25. The number of nitrogens with zero attached hydrogens (tertiary/aromatic N) is 2. The Morgan fingerprint density at radius 2 is 2.31 bits per heavy atom. The van der Waals surface area contributed by atoms with Gasteiger partial charge in [0.25, 0.3) is 10.0 Å². The van der Waals surface area contributed by atoms with Crippen LogP contribution in [-0.4, -0.2) is 30.0 Å². The standard InChI is InChI=1S/C9H11N3O2S2/c1-12(7-8-4-5-10-11-8)16(13,14)9-3-2-6-15-9/h2-6H,7H2,1H3,(H,10,11). The molecule has 0 bridgehead atoms. The monoisotopic (exact) mass is 257 g/mol. The Morgan fingerprint density at radius 3 is 2.88 bits per heavy atom. The van der Waals surface area contributed by atoms with Crippen molar-refractivity contribution >= 4 is 21.4 Å². The first kappa shape index (κ1) is 11.3. The van der Waals surface area contributed by atoms with E-state index in [1.54, 1.807) is 36.8 Å². The molecule has 0 saturated carbocycles. The van der Waals surface area contributed by atoms with E-state index in [2.05, 4.69) is 10.2 Å². The first-order chi connectivity index (χ1) is 7.60. The van der Waals surface area contributed by atoms with Gasteiger partial charge >= 0.3 is 0 Å². The molecule has 0 radical (unpaired) electrons. The Kier molecular flexibility index (Phi) is 3.08. The van der Waals surface area contributed by atoms with Gasteiger partial charge in [-0.05, 0) is 17.5 Å². The summed E-state index contributed by atoms with van der Waals surface area (Å²) in [5, 5.41) is 8.26. The van der Waals surface area contributed by atoms with Gasteiger partial charge in [-0.15, -0.1) is 11.3 Å². The van der Waals surface area contributed by atoms with E-state index in [1.807, 2.05) is 0 Å². The van der Waals surface area contributed by atoms with E-state index in [0.717, 1.165) is 5.69 Å². The van der Waals surface area contributed by atoms with Gasteiger partial charge in [-0.25, -0.2) is 8.42 Å². The summed E-state index contributed by atoms with van der Waals surface area (Å²) in [6, 6.07) is 5.07. The third-order valence-electron chi connectivity index (χ3n) is 2.11. The molecule has 16 heavy (non-hydrogen) atoms. The second kappa shape index (κ2) is 4.36. The molecule has 0 spiro atoms. The first-order valence-electron chi connectivity index (χ1n) is 4.59. The minimum Gasteiger partial charge on any atom is -0.281 e. The first-order valence-corrected chi connectivity index (χ1v) is 6.91. The molecule has 0 atom stereocenters. The number of hydrogen-bond donors (Lipinski definition) is 1. The van der Waals surface area contributed by atoms with Crippen LogP contribution < -0.4 is 0 Å². The van der Waals surface area contributed by atoms with Crippen LogP contribution in [0, 0.1) is 0 Å². The minimum absolute atomic E-state index is 0.292. The number of aromatic nitrogens is 2. The molecule has 0 saturated heterocycles. The number of sulfonamides is 1. The van der Waals surface area contributed by atoms with Crippen molar-refractivity contribution in [3.63, 3.8) is 0 Å². The second-order valence-electron chi connectivity index (χ2n) is 3.28. The van der Waals surface area contributed by atoms with Gasteiger partial charge in [0, 0.05) is 13.2 Å². The number of nitrogens with one attached hydrogen (secondary N) is 1. The maximum Gasteiger partial charge on any atom is 0.252 e. The summed E-state index contributed by atoms with van der Waals surface area (Å²) in [5.41, 5.74) is 0.766. The summed E-state index contributed by atoms with van der Waals surface area (Å²) in [7, 11) is -1.82. The number of rotatable bonds is 4. The van der Waals surface area contributed by atoms with E-state index in [9.17, 15) is 8.42 Å². The smallest absolute Gasteiger partial charge is 0.252 e. The van der Waals surface area contributed by atoms with Crippen molar-refractivity contribution in [2.45, 2.75) is 10.8 Å². The maximum atomic E-state index is 12.0. The van der Waals surface area contributed by atoms with Gasteiger partial charge in [0.2, 0.25) is 0 Å². The maximum absolute atomic E-state index is 12.0. The second-order valence-corrected chi connectivity index (χ2v) is 6.49. The highest BCUT2D eigenvalue weighted by Gasteiger charge is 2.21. The Morgan fingerprint density at radius 1 is 1.50 bits per heavy atom. The van der Waals surface area contributed by atoms with Crippen molar-refractivity contribution in [2.75, 3.05) is 7.05 Å². The van der Waals surface area contributed by atoms with Crippen LogP contribution in [0.2, 0.25) is 0 Å². The van der Waals surface area contributed by atoms with Crippen LogP contribution in [0.4, 0.5) is 0 Å². The van der Waals surface area contributed by atoms with Crippen LogP contribution >= 0.6 is 11.3 Å². The summed E-state index contributed by atoms with van der Waals surface area (Å²) in [6.07, 6.45) is 1.60. The number of aromatic amines is 1. The predicted molar refractivity (Wildman–Crippen MR) is 61.6 cm³/mol. The van der Waals surface area contributed by atoms with Crippen molar-refractivity contribution in [1.82, 2.24) is 14.5 Å². The van der Waals surface area contributed by atoms with E-state index in [0.29, 0.717) is 10.8 Å². The molecule has 2 heterocycles. The minimum atomic E-state index is -3.37. The van der Waals surface area contributed by atoms with Crippen LogP contribution in [0.5, 0.6) is 0 Å². The average molecular weight is 257 g/mol. The van der Waals surface area contributed by atoms with Gasteiger partial charge in [0.15, 0.2) is 0 Å². The zero-order chi connectivity index (χ0) is 11.6. The quantitative estimate of drug-likeness (QED) is 0.897. The molecular formula is C9H11N3O2S2. The highest BCUT2D eigenvalue weighted by Crippen LogP contribution is 2.20. The lowest BCUT2D eigenvalue weighted by molar-refractivity contribution is 0.463. The predicted octanol–water partition coefficient (Wildman–Crippen LogP) is 1.29. The van der Waals surface area contributed by atoms with Crippen LogP contribution in [0.15, 0.2) is 34.0 Å². The lowest BCUT2D eigenvalue weighted by atomic mass is 10.4. The van der Waals surface area contributed by atoms with Crippen molar-refractivity contribution in [3.8, 4) is 0 Å². The molecule has 86 valence electrons. The summed E-state index contributed by atoms with van der Waals surface area (Å²) in [6.45, 7) is 0.292. The third-order valence-corrected chi connectivity index (χ3v) is 5.29. The molecule has 7 heteroatoms. The van der Waals surface area contributed by atoms with Crippen LogP contribution in [0.1, 0.15) is 5.69 Å². The number of hydrogen-bond acceptors (Lipinski definition) is 4. The normalized spacial score (nSPS) is 12.1. The van der Waals surface area contributed by atoms with Crippen LogP contribution in [-0.2, 0) is 16.6 Å². The topological polar surface area (TPSA) is 66.1 Å². The van der Waals surface area contributed by atoms with Gasteiger partial charge in [-0.1, -0.05) is 6.07 Å². The molecular weight excluding hydrogens is 246 g/mol. The molecule has 0 amide bonds. The summed E-state index contributed by atoms with van der Waals surface area (Å²) < 4.78 is 25.7. The Balaban J connectivity index is 2.19. The largest absolute Gasteiger partial charge is 0.281 e.